The molecule has 0 saturated heterocycles. The second-order valence-electron chi connectivity index (χ2n) is 3.99. The number of aromatic nitrogens is 1. The third kappa shape index (κ3) is 3.38. The van der Waals surface area contributed by atoms with Crippen molar-refractivity contribution in [1.82, 2.24) is 4.98 Å². The number of hydrogen-bond donors (Lipinski definition) is 1. The number of amides is 1. The SMILES string of the molecule is CS(=O)(=O)c1cccc(C(=O)Nc2ccncc2)c1. The molecule has 2 rings (SSSR count). The lowest BCUT2D eigenvalue weighted by Gasteiger charge is -2.06. The van der Waals surface area contributed by atoms with E-state index >= 15 is 0 Å². The number of benzene rings is 1. The number of hydrogen-bond acceptors (Lipinski definition) is 4. The zero-order chi connectivity index (χ0) is 13.9. The summed E-state index contributed by atoms with van der Waals surface area (Å²) in [7, 11) is -3.32. The number of rotatable bonds is 3. The van der Waals surface area contributed by atoms with E-state index in [9.17, 15) is 13.2 Å². The Morgan fingerprint density at radius 2 is 1.84 bits per heavy atom. The van der Waals surface area contributed by atoms with Gasteiger partial charge in [0.05, 0.1) is 4.90 Å². The van der Waals surface area contributed by atoms with Crippen LogP contribution in [-0.4, -0.2) is 25.6 Å². The zero-order valence-corrected chi connectivity index (χ0v) is 11.0. The third-order valence-corrected chi connectivity index (χ3v) is 3.57. The van der Waals surface area contributed by atoms with Crippen LogP contribution in [0.3, 0.4) is 0 Å². The second kappa shape index (κ2) is 5.19. The molecule has 98 valence electrons. The van der Waals surface area contributed by atoms with Crippen molar-refractivity contribution in [3.8, 4) is 0 Å². The first-order valence-corrected chi connectivity index (χ1v) is 7.37. The van der Waals surface area contributed by atoms with E-state index in [0.717, 1.165) is 6.26 Å². The van der Waals surface area contributed by atoms with Gasteiger partial charge in [-0.15, -0.1) is 0 Å². The lowest BCUT2D eigenvalue weighted by Crippen LogP contribution is -2.12. The number of nitrogens with one attached hydrogen (secondary N) is 1. The molecule has 1 heterocycles. The lowest BCUT2D eigenvalue weighted by atomic mass is 10.2. The van der Waals surface area contributed by atoms with E-state index in [0.29, 0.717) is 11.3 Å². The fourth-order valence-electron chi connectivity index (χ4n) is 1.51. The number of carbonyl (C=O) groups is 1. The van der Waals surface area contributed by atoms with E-state index in [1.54, 1.807) is 30.6 Å². The molecule has 1 aromatic carbocycles. The molecule has 0 saturated carbocycles. The molecule has 0 bridgehead atoms. The van der Waals surface area contributed by atoms with E-state index in [-0.39, 0.29) is 10.8 Å². The monoisotopic (exact) mass is 276 g/mol. The van der Waals surface area contributed by atoms with E-state index in [4.69, 9.17) is 0 Å². The Bertz CT molecular complexity index is 697. The molecule has 0 aliphatic rings. The van der Waals surface area contributed by atoms with Gasteiger partial charge in [-0.2, -0.15) is 0 Å². The maximum Gasteiger partial charge on any atom is 0.255 e. The summed E-state index contributed by atoms with van der Waals surface area (Å²) in [4.78, 5) is 15.9. The molecule has 1 aromatic heterocycles. The summed E-state index contributed by atoms with van der Waals surface area (Å²) >= 11 is 0. The Morgan fingerprint density at radius 3 is 2.47 bits per heavy atom. The van der Waals surface area contributed by atoms with Gasteiger partial charge in [0.2, 0.25) is 0 Å². The minimum atomic E-state index is -3.32. The van der Waals surface area contributed by atoms with Gasteiger partial charge in [-0.3, -0.25) is 9.78 Å². The number of sulfone groups is 1. The quantitative estimate of drug-likeness (QED) is 0.926. The van der Waals surface area contributed by atoms with Crippen LogP contribution < -0.4 is 5.32 Å². The highest BCUT2D eigenvalue weighted by molar-refractivity contribution is 7.90. The van der Waals surface area contributed by atoms with Crippen LogP contribution in [0.5, 0.6) is 0 Å². The van der Waals surface area contributed by atoms with Crippen LogP contribution >= 0.6 is 0 Å². The van der Waals surface area contributed by atoms with Gasteiger partial charge in [0, 0.05) is 29.9 Å². The molecule has 0 radical (unpaired) electrons. The van der Waals surface area contributed by atoms with Crippen LogP contribution in [0.15, 0.2) is 53.7 Å². The van der Waals surface area contributed by atoms with Crippen molar-refractivity contribution in [2.75, 3.05) is 11.6 Å². The topological polar surface area (TPSA) is 76.1 Å². The van der Waals surface area contributed by atoms with Crippen LogP contribution in [0, 0.1) is 0 Å². The van der Waals surface area contributed by atoms with Gasteiger partial charge < -0.3 is 5.32 Å². The van der Waals surface area contributed by atoms with Gasteiger partial charge in [-0.1, -0.05) is 6.07 Å². The molecule has 0 fully saturated rings. The normalized spacial score (nSPS) is 11.0. The first kappa shape index (κ1) is 13.2. The summed E-state index contributed by atoms with van der Waals surface area (Å²) < 4.78 is 22.9. The van der Waals surface area contributed by atoms with E-state index < -0.39 is 9.84 Å². The smallest absolute Gasteiger partial charge is 0.255 e. The number of nitrogens with zero attached hydrogens (tertiary/aromatic N) is 1. The summed E-state index contributed by atoms with van der Waals surface area (Å²) in [6, 6.07) is 9.21. The van der Waals surface area contributed by atoms with Crippen molar-refractivity contribution in [2.45, 2.75) is 4.90 Å². The van der Waals surface area contributed by atoms with Crippen molar-refractivity contribution < 1.29 is 13.2 Å². The van der Waals surface area contributed by atoms with E-state index in [1.165, 1.54) is 18.2 Å². The molecule has 0 unspecified atom stereocenters. The van der Waals surface area contributed by atoms with Gasteiger partial charge in [0.15, 0.2) is 9.84 Å². The summed E-state index contributed by atoms with van der Waals surface area (Å²) in [6.45, 7) is 0. The van der Waals surface area contributed by atoms with Crippen molar-refractivity contribution in [3.05, 3.63) is 54.4 Å². The fourth-order valence-corrected chi connectivity index (χ4v) is 2.17. The summed E-state index contributed by atoms with van der Waals surface area (Å²) in [5.41, 5.74) is 0.893. The van der Waals surface area contributed by atoms with Crippen molar-refractivity contribution in [3.63, 3.8) is 0 Å². The highest BCUT2D eigenvalue weighted by Gasteiger charge is 2.11. The van der Waals surface area contributed by atoms with Crippen molar-refractivity contribution >= 4 is 21.4 Å². The Labute approximate surface area is 111 Å². The summed E-state index contributed by atoms with van der Waals surface area (Å²) in [5.74, 6) is -0.364. The molecule has 0 aliphatic carbocycles. The zero-order valence-electron chi connectivity index (χ0n) is 10.2. The second-order valence-corrected chi connectivity index (χ2v) is 6.01. The molecule has 0 aliphatic heterocycles. The lowest BCUT2D eigenvalue weighted by molar-refractivity contribution is 0.102. The molecule has 0 spiro atoms. The van der Waals surface area contributed by atoms with Crippen LogP contribution in [0.25, 0.3) is 0 Å². The molecular weight excluding hydrogens is 264 g/mol. The molecule has 2 aromatic rings. The van der Waals surface area contributed by atoms with Gasteiger partial charge in [0.25, 0.3) is 5.91 Å². The number of carbonyl (C=O) groups excluding carboxylic acids is 1. The summed E-state index contributed by atoms with van der Waals surface area (Å²) in [5, 5.41) is 2.66. The average Bonchev–Trinajstić information content (AvgIpc) is 2.39. The Kier molecular flexibility index (Phi) is 3.62. The predicted molar refractivity (Wildman–Crippen MR) is 71.7 cm³/mol. The van der Waals surface area contributed by atoms with E-state index in [1.807, 2.05) is 0 Å². The van der Waals surface area contributed by atoms with Gasteiger partial charge in [-0.25, -0.2) is 8.42 Å². The van der Waals surface area contributed by atoms with Gasteiger partial charge >= 0.3 is 0 Å². The minimum Gasteiger partial charge on any atom is -0.322 e. The Hall–Kier alpha value is -2.21. The predicted octanol–water partition coefficient (Wildman–Crippen LogP) is 1.74. The molecule has 1 amide bonds. The van der Waals surface area contributed by atoms with Crippen LogP contribution in [-0.2, 0) is 9.84 Å². The molecule has 1 N–H and O–H groups in total. The van der Waals surface area contributed by atoms with Crippen LogP contribution in [0.2, 0.25) is 0 Å². The average molecular weight is 276 g/mol. The Morgan fingerprint density at radius 1 is 1.16 bits per heavy atom. The molecule has 6 heteroatoms. The molecule has 5 nitrogen and oxygen atoms in total. The highest BCUT2D eigenvalue weighted by atomic mass is 32.2. The minimum absolute atomic E-state index is 0.120. The van der Waals surface area contributed by atoms with Gasteiger partial charge in [-0.05, 0) is 30.3 Å². The fraction of sp³-hybridized carbons (Fsp3) is 0.0769. The van der Waals surface area contributed by atoms with Crippen LogP contribution in [0.4, 0.5) is 5.69 Å². The highest BCUT2D eigenvalue weighted by Crippen LogP contribution is 2.13. The maximum atomic E-state index is 12.0. The van der Waals surface area contributed by atoms with E-state index in [2.05, 4.69) is 10.3 Å². The van der Waals surface area contributed by atoms with Crippen molar-refractivity contribution in [1.29, 1.82) is 0 Å². The maximum absolute atomic E-state index is 12.0. The first-order chi connectivity index (χ1) is 8.97. The third-order valence-electron chi connectivity index (χ3n) is 2.46. The standard InChI is InChI=1S/C13H12N2O3S/c1-19(17,18)12-4-2-3-10(9-12)13(16)15-11-5-7-14-8-6-11/h2-9H,1H3,(H,14,15,16). The molecule has 0 atom stereocenters. The van der Waals surface area contributed by atoms with Crippen molar-refractivity contribution in [2.24, 2.45) is 0 Å². The number of pyridine rings is 1. The largest absolute Gasteiger partial charge is 0.322 e. The number of anilines is 1. The van der Waals surface area contributed by atoms with Gasteiger partial charge in [0.1, 0.15) is 0 Å². The first-order valence-electron chi connectivity index (χ1n) is 5.48. The molecular formula is C13H12N2O3S. The van der Waals surface area contributed by atoms with Crippen LogP contribution in [0.1, 0.15) is 10.4 Å². The summed E-state index contributed by atoms with van der Waals surface area (Å²) in [6.07, 6.45) is 4.22. The Balaban J connectivity index is 2.25. The molecule has 19 heavy (non-hydrogen) atoms.